The molecule has 2 atom stereocenters. The molecule has 8 heteroatoms. The Morgan fingerprint density at radius 1 is 1.25 bits per heavy atom. The van der Waals surface area contributed by atoms with Crippen LogP contribution in [0.1, 0.15) is 31.0 Å². The molecule has 0 aromatic heterocycles. The Hall–Kier alpha value is -3.00. The van der Waals surface area contributed by atoms with Crippen molar-refractivity contribution in [2.45, 2.75) is 26.4 Å². The Morgan fingerprint density at radius 3 is 2.62 bits per heavy atom. The van der Waals surface area contributed by atoms with Crippen LogP contribution >= 0.6 is 15.9 Å². The van der Waals surface area contributed by atoms with E-state index in [-0.39, 0.29) is 5.91 Å². The lowest BCUT2D eigenvalue weighted by molar-refractivity contribution is -0.125. The number of carbonyl (C=O) groups excluding carboxylic acids is 2. The molecule has 0 aliphatic carbocycles. The molecule has 2 aromatic carbocycles. The lowest BCUT2D eigenvalue weighted by Crippen LogP contribution is -2.52. The number of ether oxygens (including phenoxy) is 2. The molecule has 0 saturated carbocycles. The van der Waals surface area contributed by atoms with Crippen molar-refractivity contribution in [2.24, 2.45) is 11.8 Å². The van der Waals surface area contributed by atoms with Crippen molar-refractivity contribution < 1.29 is 19.1 Å². The zero-order valence-electron chi connectivity index (χ0n) is 18.4. The molecule has 1 heterocycles. The first-order valence-corrected chi connectivity index (χ1v) is 11.2. The van der Waals surface area contributed by atoms with Crippen LogP contribution < -0.4 is 25.4 Å². The quantitative estimate of drug-likeness (QED) is 0.503. The topological polar surface area (TPSA) is 88.7 Å². The number of hydrogen-bond acceptors (Lipinski definition) is 4. The van der Waals surface area contributed by atoms with Gasteiger partial charge >= 0.3 is 6.03 Å². The Kier molecular flexibility index (Phi) is 7.80. The zero-order chi connectivity index (χ0) is 23.3. The number of amides is 3. The van der Waals surface area contributed by atoms with Crippen LogP contribution in [0, 0.1) is 11.8 Å². The minimum absolute atomic E-state index is 0.244. The van der Waals surface area contributed by atoms with E-state index in [2.05, 4.69) is 52.3 Å². The van der Waals surface area contributed by atoms with Crippen molar-refractivity contribution >= 4 is 27.9 Å². The molecule has 3 N–H and O–H groups in total. The van der Waals surface area contributed by atoms with Gasteiger partial charge in [-0.2, -0.15) is 0 Å². The number of rotatable bonds is 8. The first-order valence-electron chi connectivity index (χ1n) is 10.4. The van der Waals surface area contributed by atoms with Crippen LogP contribution in [0.25, 0.3) is 0 Å². The zero-order valence-corrected chi connectivity index (χ0v) is 20.0. The van der Waals surface area contributed by atoms with E-state index in [0.717, 1.165) is 5.56 Å². The summed E-state index contributed by atoms with van der Waals surface area (Å²) >= 11 is 3.55. The van der Waals surface area contributed by atoms with Gasteiger partial charge in [0.25, 0.3) is 0 Å². The highest BCUT2D eigenvalue weighted by atomic mass is 79.9. The van der Waals surface area contributed by atoms with Gasteiger partial charge in [0.15, 0.2) is 11.5 Å². The summed E-state index contributed by atoms with van der Waals surface area (Å²) in [4.78, 5) is 25.3. The van der Waals surface area contributed by atoms with Crippen molar-refractivity contribution in [1.82, 2.24) is 16.0 Å². The third-order valence-corrected chi connectivity index (χ3v) is 5.62. The first-order chi connectivity index (χ1) is 15.3. The van der Waals surface area contributed by atoms with Crippen LogP contribution in [0.15, 0.2) is 59.2 Å². The number of methoxy groups -OCH3 is 1. The summed E-state index contributed by atoms with van der Waals surface area (Å²) in [5, 5.41) is 8.42. The monoisotopic (exact) mass is 501 g/mol. The van der Waals surface area contributed by atoms with Gasteiger partial charge in [-0.15, -0.1) is 0 Å². The van der Waals surface area contributed by atoms with Gasteiger partial charge in [0, 0.05) is 12.2 Å². The molecule has 170 valence electrons. The number of benzene rings is 2. The minimum Gasteiger partial charge on any atom is -0.493 e. The number of urea groups is 1. The molecule has 2 aromatic rings. The van der Waals surface area contributed by atoms with Gasteiger partial charge in [-0.25, -0.2) is 4.79 Å². The average Bonchev–Trinajstić information content (AvgIpc) is 2.76. The molecule has 0 unspecified atom stereocenters. The molecule has 3 rings (SSSR count). The molecule has 1 aliphatic rings. The molecule has 1 saturated heterocycles. The molecule has 1 aliphatic heterocycles. The number of nitrogens with one attached hydrogen (secondary N) is 3. The molecule has 0 bridgehead atoms. The fraction of sp³-hybridized carbons (Fsp3) is 0.333. The summed E-state index contributed by atoms with van der Waals surface area (Å²) < 4.78 is 12.1. The maximum Gasteiger partial charge on any atom is 0.319 e. The average molecular weight is 502 g/mol. The Labute approximate surface area is 196 Å². The second-order valence-corrected chi connectivity index (χ2v) is 8.88. The highest BCUT2D eigenvalue weighted by Crippen LogP contribution is 2.41. The predicted octanol–water partition coefficient (Wildman–Crippen LogP) is 4.29. The van der Waals surface area contributed by atoms with Gasteiger partial charge in [0.1, 0.15) is 5.92 Å². The summed E-state index contributed by atoms with van der Waals surface area (Å²) in [7, 11) is 1.55. The Balaban J connectivity index is 1.88. The number of halogens is 1. The smallest absolute Gasteiger partial charge is 0.319 e. The van der Waals surface area contributed by atoms with Gasteiger partial charge in [-0.1, -0.05) is 50.8 Å². The largest absolute Gasteiger partial charge is 0.493 e. The summed E-state index contributed by atoms with van der Waals surface area (Å²) in [6.45, 7) is 8.95. The van der Waals surface area contributed by atoms with Gasteiger partial charge in [-0.05, 0) is 45.1 Å². The Morgan fingerprint density at radius 2 is 1.97 bits per heavy atom. The van der Waals surface area contributed by atoms with E-state index >= 15 is 0 Å². The van der Waals surface area contributed by atoms with Crippen molar-refractivity contribution in [2.75, 3.05) is 13.7 Å². The van der Waals surface area contributed by atoms with Gasteiger partial charge in [0.2, 0.25) is 5.91 Å². The standard InChI is InChI=1S/C24H28BrN3O4/c1-14(2)13-32-22-18(25)10-17(11-19(22)31-4)21-20(15(3)27-24(30)28-21)23(29)26-12-16-8-6-5-7-9-16/h5-11,14,20-21H,3,12-13H2,1-2,4H3,(H,26,29)(H2,27,28,30)/t20-,21+/m0/s1. The molecule has 0 spiro atoms. The van der Waals surface area contributed by atoms with Crippen LogP contribution in [-0.4, -0.2) is 25.7 Å². The van der Waals surface area contributed by atoms with E-state index in [1.54, 1.807) is 13.2 Å². The van der Waals surface area contributed by atoms with Crippen LogP contribution in [0.4, 0.5) is 4.79 Å². The van der Waals surface area contributed by atoms with Crippen molar-refractivity contribution in [3.05, 3.63) is 70.3 Å². The van der Waals surface area contributed by atoms with Crippen LogP contribution in [0.3, 0.4) is 0 Å². The molecule has 1 fully saturated rings. The second-order valence-electron chi connectivity index (χ2n) is 8.02. The molecular formula is C24H28BrN3O4. The number of carbonyl (C=O) groups is 2. The molecule has 32 heavy (non-hydrogen) atoms. The summed E-state index contributed by atoms with van der Waals surface area (Å²) in [6, 6.07) is 12.2. The lowest BCUT2D eigenvalue weighted by atomic mass is 9.88. The van der Waals surface area contributed by atoms with Gasteiger partial charge in [0.05, 0.1) is 24.2 Å². The van der Waals surface area contributed by atoms with Crippen LogP contribution in [0.2, 0.25) is 0 Å². The van der Waals surface area contributed by atoms with E-state index in [1.807, 2.05) is 36.4 Å². The van der Waals surface area contributed by atoms with Crippen molar-refractivity contribution in [1.29, 1.82) is 0 Å². The fourth-order valence-electron chi connectivity index (χ4n) is 3.48. The molecular weight excluding hydrogens is 474 g/mol. The second kappa shape index (κ2) is 10.5. The molecule has 3 amide bonds. The van der Waals surface area contributed by atoms with E-state index in [9.17, 15) is 9.59 Å². The fourth-order valence-corrected chi connectivity index (χ4v) is 4.05. The SMILES string of the molecule is C=C1NC(=O)N[C@H](c2cc(Br)c(OCC(C)C)c(OC)c2)[C@H]1C(=O)NCc1ccccc1. The van der Waals surface area contributed by atoms with Gasteiger partial charge < -0.3 is 25.4 Å². The lowest BCUT2D eigenvalue weighted by Gasteiger charge is -2.34. The third-order valence-electron chi connectivity index (χ3n) is 5.03. The molecule has 7 nitrogen and oxygen atoms in total. The molecule has 0 radical (unpaired) electrons. The third kappa shape index (κ3) is 5.62. The van der Waals surface area contributed by atoms with Crippen LogP contribution in [0.5, 0.6) is 11.5 Å². The highest BCUT2D eigenvalue weighted by Gasteiger charge is 2.38. The normalized spacial score (nSPS) is 18.0. The van der Waals surface area contributed by atoms with Gasteiger partial charge in [-0.3, -0.25) is 4.79 Å². The van der Waals surface area contributed by atoms with E-state index < -0.39 is 18.0 Å². The maximum atomic E-state index is 13.1. The van der Waals surface area contributed by atoms with Crippen LogP contribution in [-0.2, 0) is 11.3 Å². The highest BCUT2D eigenvalue weighted by molar-refractivity contribution is 9.10. The number of hydrogen-bond donors (Lipinski definition) is 3. The Bertz CT molecular complexity index is 994. The summed E-state index contributed by atoms with van der Waals surface area (Å²) in [6.07, 6.45) is 0. The van der Waals surface area contributed by atoms with Crippen molar-refractivity contribution in [3.8, 4) is 11.5 Å². The van der Waals surface area contributed by atoms with E-state index in [4.69, 9.17) is 9.47 Å². The summed E-state index contributed by atoms with van der Waals surface area (Å²) in [5.74, 6) is 0.476. The summed E-state index contributed by atoms with van der Waals surface area (Å²) in [5.41, 5.74) is 2.01. The predicted molar refractivity (Wildman–Crippen MR) is 126 cm³/mol. The minimum atomic E-state index is -0.713. The van der Waals surface area contributed by atoms with E-state index in [1.165, 1.54) is 0 Å². The van der Waals surface area contributed by atoms with Crippen molar-refractivity contribution in [3.63, 3.8) is 0 Å². The first kappa shape index (κ1) is 23.7. The maximum absolute atomic E-state index is 13.1. The van der Waals surface area contributed by atoms with E-state index in [0.29, 0.717) is 46.3 Å².